The van der Waals surface area contributed by atoms with Crippen molar-refractivity contribution < 1.29 is 18.4 Å². The quantitative estimate of drug-likeness (QED) is 0.574. The molecule has 0 aliphatic heterocycles. The lowest BCUT2D eigenvalue weighted by Crippen LogP contribution is -2.30. The average molecular weight is 374 g/mol. The Hall–Kier alpha value is -2.66. The first-order chi connectivity index (χ1) is 12.7. The van der Waals surface area contributed by atoms with Crippen LogP contribution >= 0.6 is 11.6 Å². The topological polar surface area (TPSA) is 55.8 Å². The molecule has 0 aliphatic rings. The first-order valence-corrected chi connectivity index (χ1v) is 8.68. The lowest BCUT2D eigenvalue weighted by Gasteiger charge is -2.20. The summed E-state index contributed by atoms with van der Waals surface area (Å²) in [7, 11) is 1.57. The Morgan fingerprint density at radius 3 is 2.23 bits per heavy atom. The second-order valence-corrected chi connectivity index (χ2v) is 6.28. The zero-order valence-corrected chi connectivity index (χ0v) is 15.2. The van der Waals surface area contributed by atoms with E-state index in [4.69, 9.17) is 25.2 Å². The minimum absolute atomic E-state index is 0.0183. The Bertz CT molecular complexity index is 791. The number of hydrogen-bond acceptors (Lipinski definition) is 4. The van der Waals surface area contributed by atoms with Crippen molar-refractivity contribution in [2.45, 2.75) is 25.9 Å². The van der Waals surface area contributed by atoms with Crippen LogP contribution in [0, 0.1) is 0 Å². The molecule has 3 rings (SSSR count). The Morgan fingerprint density at radius 2 is 1.73 bits per heavy atom. The number of methoxy groups -OCH3 is 1. The number of nitrogens with zero attached hydrogens (tertiary/aromatic N) is 1. The molecule has 2 aromatic heterocycles. The number of amides is 1. The molecule has 0 radical (unpaired) electrons. The van der Waals surface area contributed by atoms with Crippen molar-refractivity contribution in [2.75, 3.05) is 7.11 Å². The van der Waals surface area contributed by atoms with E-state index in [9.17, 15) is 4.79 Å². The van der Waals surface area contributed by atoms with E-state index in [1.54, 1.807) is 24.5 Å². The molecule has 1 aromatic carbocycles. The molecule has 3 aromatic rings. The summed E-state index contributed by atoms with van der Waals surface area (Å²) in [6, 6.07) is 12.9. The first kappa shape index (κ1) is 18.1. The molecule has 6 heteroatoms. The van der Waals surface area contributed by atoms with Gasteiger partial charge in [0.1, 0.15) is 17.3 Å². The molecule has 0 fully saturated rings. The zero-order chi connectivity index (χ0) is 18.4. The third-order valence-corrected chi connectivity index (χ3v) is 4.35. The van der Waals surface area contributed by atoms with Gasteiger partial charge in [0.15, 0.2) is 0 Å². The Balaban J connectivity index is 1.65. The molecule has 0 aliphatic carbocycles. The van der Waals surface area contributed by atoms with Gasteiger partial charge in [0, 0.05) is 6.42 Å². The summed E-state index contributed by atoms with van der Waals surface area (Å²) in [5, 5.41) is 0.542. The average Bonchev–Trinajstić information content (AvgIpc) is 3.33. The predicted molar refractivity (Wildman–Crippen MR) is 98.0 cm³/mol. The number of hydrogen-bond donors (Lipinski definition) is 0. The number of benzene rings is 1. The summed E-state index contributed by atoms with van der Waals surface area (Å²) in [4.78, 5) is 14.5. The van der Waals surface area contributed by atoms with Crippen LogP contribution in [0.1, 0.15) is 23.5 Å². The van der Waals surface area contributed by atoms with Crippen LogP contribution < -0.4 is 4.74 Å². The van der Waals surface area contributed by atoms with Crippen molar-refractivity contribution in [2.24, 2.45) is 0 Å². The van der Waals surface area contributed by atoms with Crippen molar-refractivity contribution >= 4 is 17.5 Å². The summed E-state index contributed by atoms with van der Waals surface area (Å²) < 4.78 is 15.9. The fraction of sp³-hybridized carbons (Fsp3) is 0.250. The minimum Gasteiger partial charge on any atom is -0.495 e. The second-order valence-electron chi connectivity index (χ2n) is 5.88. The molecule has 0 bridgehead atoms. The molecule has 1 amide bonds. The van der Waals surface area contributed by atoms with E-state index >= 15 is 0 Å². The first-order valence-electron chi connectivity index (χ1n) is 8.30. The van der Waals surface area contributed by atoms with Gasteiger partial charge in [0.05, 0.1) is 37.7 Å². The minimum atomic E-state index is 0.0183. The van der Waals surface area contributed by atoms with Crippen molar-refractivity contribution in [3.63, 3.8) is 0 Å². The van der Waals surface area contributed by atoms with Gasteiger partial charge in [-0.25, -0.2) is 0 Å². The van der Waals surface area contributed by atoms with Crippen molar-refractivity contribution in [3.05, 3.63) is 77.1 Å². The number of aryl methyl sites for hydroxylation is 1. The highest BCUT2D eigenvalue weighted by Crippen LogP contribution is 2.25. The molecule has 0 saturated carbocycles. The lowest BCUT2D eigenvalue weighted by molar-refractivity contribution is -0.133. The third-order valence-electron chi connectivity index (χ3n) is 4.05. The number of furan rings is 2. The maximum atomic E-state index is 12.8. The van der Waals surface area contributed by atoms with Crippen LogP contribution in [0.3, 0.4) is 0 Å². The smallest absolute Gasteiger partial charge is 0.223 e. The predicted octanol–water partition coefficient (Wildman–Crippen LogP) is 4.70. The Morgan fingerprint density at radius 1 is 1.08 bits per heavy atom. The highest BCUT2D eigenvalue weighted by molar-refractivity contribution is 6.32. The van der Waals surface area contributed by atoms with Gasteiger partial charge in [-0.2, -0.15) is 0 Å². The highest BCUT2D eigenvalue weighted by atomic mass is 35.5. The van der Waals surface area contributed by atoms with E-state index in [-0.39, 0.29) is 5.91 Å². The molecule has 5 nitrogen and oxygen atoms in total. The van der Waals surface area contributed by atoms with Gasteiger partial charge in [0.25, 0.3) is 0 Å². The summed E-state index contributed by atoms with van der Waals surface area (Å²) in [6.07, 6.45) is 4.16. The van der Waals surface area contributed by atoms with Crippen LogP contribution in [0.15, 0.2) is 63.8 Å². The van der Waals surface area contributed by atoms with Gasteiger partial charge >= 0.3 is 0 Å². The van der Waals surface area contributed by atoms with Crippen LogP contribution in [0.4, 0.5) is 0 Å². The molecule has 0 spiro atoms. The summed E-state index contributed by atoms with van der Waals surface area (Å²) in [6.45, 7) is 0.797. The molecule has 2 heterocycles. The van der Waals surface area contributed by atoms with Gasteiger partial charge in [-0.1, -0.05) is 17.7 Å². The van der Waals surface area contributed by atoms with E-state index in [1.807, 2.05) is 42.5 Å². The molecule has 0 atom stereocenters. The molecular weight excluding hydrogens is 354 g/mol. The van der Waals surface area contributed by atoms with Crippen molar-refractivity contribution in [1.82, 2.24) is 4.90 Å². The van der Waals surface area contributed by atoms with Crippen LogP contribution in [0.5, 0.6) is 5.75 Å². The van der Waals surface area contributed by atoms with E-state index in [1.165, 1.54) is 0 Å². The maximum absolute atomic E-state index is 12.8. The number of halogens is 1. The van der Waals surface area contributed by atoms with Crippen LogP contribution in [0.25, 0.3) is 0 Å². The zero-order valence-electron chi connectivity index (χ0n) is 14.5. The standard InChI is InChI=1S/C20H20ClNO4/c1-24-19-8-6-15(12-18(19)21)7-9-20(23)22(13-16-4-2-10-25-16)14-17-5-3-11-26-17/h2-6,8,10-12H,7,9,13-14H2,1H3. The van der Waals surface area contributed by atoms with Gasteiger partial charge in [0.2, 0.25) is 5.91 Å². The number of carbonyl (C=O) groups excluding carboxylic acids is 1. The SMILES string of the molecule is COc1ccc(CCC(=O)N(Cc2ccco2)Cc2ccco2)cc1Cl. The summed E-state index contributed by atoms with van der Waals surface area (Å²) >= 11 is 6.15. The fourth-order valence-electron chi connectivity index (χ4n) is 2.69. The number of rotatable bonds is 8. The van der Waals surface area contributed by atoms with Crippen LogP contribution in [0.2, 0.25) is 5.02 Å². The number of carbonyl (C=O) groups is 1. The van der Waals surface area contributed by atoms with Gasteiger partial charge in [-0.05, 0) is 48.4 Å². The van der Waals surface area contributed by atoms with Crippen molar-refractivity contribution in [1.29, 1.82) is 0 Å². The van der Waals surface area contributed by atoms with Gasteiger partial charge in [-0.3, -0.25) is 4.79 Å². The summed E-state index contributed by atoms with van der Waals surface area (Å²) in [5.74, 6) is 2.11. The summed E-state index contributed by atoms with van der Waals surface area (Å²) in [5.41, 5.74) is 0.986. The molecular formula is C20H20ClNO4. The maximum Gasteiger partial charge on any atom is 0.223 e. The molecule has 26 heavy (non-hydrogen) atoms. The Kier molecular flexibility index (Phi) is 6.02. The van der Waals surface area contributed by atoms with Crippen LogP contribution in [-0.2, 0) is 24.3 Å². The molecule has 0 saturated heterocycles. The lowest BCUT2D eigenvalue weighted by atomic mass is 10.1. The van der Waals surface area contributed by atoms with E-state index in [0.717, 1.165) is 17.1 Å². The Labute approximate surface area is 157 Å². The van der Waals surface area contributed by atoms with E-state index < -0.39 is 0 Å². The van der Waals surface area contributed by atoms with Gasteiger partial charge in [-0.15, -0.1) is 0 Å². The second kappa shape index (κ2) is 8.63. The number of ether oxygens (including phenoxy) is 1. The third kappa shape index (κ3) is 4.70. The highest BCUT2D eigenvalue weighted by Gasteiger charge is 2.17. The molecule has 0 N–H and O–H groups in total. The molecule has 136 valence electrons. The van der Waals surface area contributed by atoms with Crippen molar-refractivity contribution in [3.8, 4) is 5.75 Å². The fourth-order valence-corrected chi connectivity index (χ4v) is 2.97. The largest absolute Gasteiger partial charge is 0.495 e. The normalized spacial score (nSPS) is 10.7. The molecule has 0 unspecified atom stereocenters. The van der Waals surface area contributed by atoms with E-state index in [0.29, 0.717) is 36.7 Å². The monoisotopic (exact) mass is 373 g/mol. The van der Waals surface area contributed by atoms with Gasteiger partial charge < -0.3 is 18.5 Å². The van der Waals surface area contributed by atoms with E-state index in [2.05, 4.69) is 0 Å². The van der Waals surface area contributed by atoms with Crippen LogP contribution in [-0.4, -0.2) is 17.9 Å².